The molecule has 2 bridgehead atoms. The van der Waals surface area contributed by atoms with Crippen molar-refractivity contribution < 1.29 is 9.53 Å². The Kier molecular flexibility index (Phi) is 5.17. The maximum absolute atomic E-state index is 12.7. The van der Waals surface area contributed by atoms with Gasteiger partial charge in [-0.2, -0.15) is 0 Å². The Morgan fingerprint density at radius 1 is 1.05 bits per heavy atom. The number of carbonyl (C=O) groups excluding carboxylic acids is 1. The van der Waals surface area contributed by atoms with Crippen LogP contribution in [-0.2, 0) is 9.53 Å². The summed E-state index contributed by atoms with van der Waals surface area (Å²) in [6.07, 6.45) is 11.0. The number of rotatable bonds is 3. The first kappa shape index (κ1) is 15.3. The smallest absolute Gasteiger partial charge is 0.251 e. The van der Waals surface area contributed by atoms with Gasteiger partial charge in [-0.3, -0.25) is 4.79 Å². The molecule has 1 N–H and O–H groups in total. The van der Waals surface area contributed by atoms with Crippen LogP contribution in [0, 0.1) is 0 Å². The summed E-state index contributed by atoms with van der Waals surface area (Å²) >= 11 is 0. The zero-order chi connectivity index (χ0) is 14.7. The normalized spacial score (nSPS) is 32.5. The molecule has 3 rings (SSSR count). The molecule has 0 aromatic heterocycles. The van der Waals surface area contributed by atoms with Crippen molar-refractivity contribution in [3.05, 3.63) is 0 Å². The molecular weight excluding hydrogens is 264 g/mol. The minimum Gasteiger partial charge on any atom is -0.365 e. The molecule has 1 aliphatic carbocycles. The standard InChI is InChI=1S/C17H30N2O2/c1-13(21-16-6-4-2-3-5-7-16)17(20)19-11-10-14-8-9-15(12-19)18-14/h13-16,18H,2-12H2,1H3. The van der Waals surface area contributed by atoms with Crippen LogP contribution in [0.3, 0.4) is 0 Å². The summed E-state index contributed by atoms with van der Waals surface area (Å²) in [5.41, 5.74) is 0. The van der Waals surface area contributed by atoms with Crippen molar-refractivity contribution in [2.45, 2.75) is 89.0 Å². The van der Waals surface area contributed by atoms with Gasteiger partial charge in [0.1, 0.15) is 6.10 Å². The fraction of sp³-hybridized carbons (Fsp3) is 0.941. The van der Waals surface area contributed by atoms with E-state index < -0.39 is 0 Å². The Balaban J connectivity index is 1.51. The molecule has 3 unspecified atom stereocenters. The number of carbonyl (C=O) groups is 1. The van der Waals surface area contributed by atoms with Crippen LogP contribution >= 0.6 is 0 Å². The van der Waals surface area contributed by atoms with Gasteiger partial charge in [0.2, 0.25) is 0 Å². The molecule has 1 amide bonds. The quantitative estimate of drug-likeness (QED) is 0.813. The Bertz CT molecular complexity index is 353. The molecule has 2 heterocycles. The van der Waals surface area contributed by atoms with E-state index in [0.717, 1.165) is 32.4 Å². The van der Waals surface area contributed by atoms with Crippen LogP contribution in [0.1, 0.15) is 64.7 Å². The van der Waals surface area contributed by atoms with E-state index in [0.29, 0.717) is 18.2 Å². The molecular formula is C17H30N2O2. The molecule has 120 valence electrons. The van der Waals surface area contributed by atoms with Crippen LogP contribution in [0.5, 0.6) is 0 Å². The summed E-state index contributed by atoms with van der Waals surface area (Å²) in [4.78, 5) is 14.7. The number of amides is 1. The molecule has 1 saturated carbocycles. The number of nitrogens with zero attached hydrogens (tertiary/aromatic N) is 1. The number of ether oxygens (including phenoxy) is 1. The van der Waals surface area contributed by atoms with Gasteiger partial charge in [-0.15, -0.1) is 0 Å². The number of hydrogen-bond donors (Lipinski definition) is 1. The lowest BCUT2D eigenvalue weighted by molar-refractivity contribution is -0.147. The topological polar surface area (TPSA) is 41.6 Å². The molecule has 4 nitrogen and oxygen atoms in total. The van der Waals surface area contributed by atoms with Crippen molar-refractivity contribution in [1.29, 1.82) is 0 Å². The van der Waals surface area contributed by atoms with Gasteiger partial charge in [-0.25, -0.2) is 0 Å². The van der Waals surface area contributed by atoms with E-state index in [2.05, 4.69) is 5.32 Å². The molecule has 0 radical (unpaired) electrons. The fourth-order valence-electron chi connectivity index (χ4n) is 4.13. The highest BCUT2D eigenvalue weighted by molar-refractivity contribution is 5.80. The molecule has 0 aromatic carbocycles. The van der Waals surface area contributed by atoms with E-state index in [-0.39, 0.29) is 12.0 Å². The Hall–Kier alpha value is -0.610. The summed E-state index contributed by atoms with van der Waals surface area (Å²) < 4.78 is 6.10. The van der Waals surface area contributed by atoms with Crippen LogP contribution < -0.4 is 5.32 Å². The van der Waals surface area contributed by atoms with Crippen LogP contribution in [0.25, 0.3) is 0 Å². The molecule has 21 heavy (non-hydrogen) atoms. The maximum Gasteiger partial charge on any atom is 0.251 e. The zero-order valence-corrected chi connectivity index (χ0v) is 13.4. The predicted molar refractivity (Wildman–Crippen MR) is 83.2 cm³/mol. The van der Waals surface area contributed by atoms with E-state index in [4.69, 9.17) is 4.74 Å². The largest absolute Gasteiger partial charge is 0.365 e. The highest BCUT2D eigenvalue weighted by Crippen LogP contribution is 2.23. The Morgan fingerprint density at radius 3 is 2.52 bits per heavy atom. The monoisotopic (exact) mass is 294 g/mol. The Morgan fingerprint density at radius 2 is 1.76 bits per heavy atom. The molecule has 3 fully saturated rings. The first-order chi connectivity index (χ1) is 10.2. The molecule has 2 aliphatic heterocycles. The lowest BCUT2D eigenvalue weighted by atomic mass is 10.1. The van der Waals surface area contributed by atoms with E-state index in [1.807, 2.05) is 11.8 Å². The molecule has 0 spiro atoms. The lowest BCUT2D eigenvalue weighted by Gasteiger charge is -2.29. The average molecular weight is 294 g/mol. The van der Waals surface area contributed by atoms with Crippen molar-refractivity contribution in [3.63, 3.8) is 0 Å². The van der Waals surface area contributed by atoms with Gasteiger partial charge >= 0.3 is 0 Å². The zero-order valence-electron chi connectivity index (χ0n) is 13.4. The third-order valence-corrected chi connectivity index (χ3v) is 5.38. The second-order valence-electron chi connectivity index (χ2n) is 7.10. The van der Waals surface area contributed by atoms with Gasteiger partial charge < -0.3 is 15.0 Å². The van der Waals surface area contributed by atoms with E-state index >= 15 is 0 Å². The predicted octanol–water partition coefficient (Wildman–Crippen LogP) is 2.47. The van der Waals surface area contributed by atoms with Gasteiger partial charge in [-0.1, -0.05) is 25.7 Å². The van der Waals surface area contributed by atoms with E-state index in [1.54, 1.807) is 0 Å². The van der Waals surface area contributed by atoms with Crippen molar-refractivity contribution in [2.24, 2.45) is 0 Å². The number of nitrogens with one attached hydrogen (secondary N) is 1. The number of fused-ring (bicyclic) bond motifs is 2. The van der Waals surface area contributed by atoms with Crippen LogP contribution in [0.2, 0.25) is 0 Å². The summed E-state index contributed by atoms with van der Waals surface area (Å²) in [5.74, 6) is 0.202. The van der Waals surface area contributed by atoms with Gasteiger partial charge in [0, 0.05) is 25.2 Å². The summed E-state index contributed by atoms with van der Waals surface area (Å²) in [6, 6.07) is 1.14. The molecule has 2 saturated heterocycles. The summed E-state index contributed by atoms with van der Waals surface area (Å²) in [5, 5.41) is 3.63. The maximum atomic E-state index is 12.7. The molecule has 3 aliphatic rings. The number of likely N-dealkylation sites (tertiary alicyclic amines) is 1. The third kappa shape index (κ3) is 3.98. The molecule has 0 aromatic rings. The minimum atomic E-state index is -0.273. The van der Waals surface area contributed by atoms with Crippen molar-refractivity contribution in [3.8, 4) is 0 Å². The SMILES string of the molecule is CC(OC1CCCCCC1)C(=O)N1CCC2CCC(C1)N2. The van der Waals surface area contributed by atoms with Gasteiger partial charge in [0.25, 0.3) is 5.91 Å². The van der Waals surface area contributed by atoms with E-state index in [9.17, 15) is 4.79 Å². The molecule has 3 atom stereocenters. The van der Waals surface area contributed by atoms with Gasteiger partial charge in [0.05, 0.1) is 6.10 Å². The highest BCUT2D eigenvalue weighted by Gasteiger charge is 2.33. The Labute approximate surface area is 128 Å². The third-order valence-electron chi connectivity index (χ3n) is 5.38. The fourth-order valence-corrected chi connectivity index (χ4v) is 4.13. The van der Waals surface area contributed by atoms with Crippen molar-refractivity contribution >= 4 is 5.91 Å². The van der Waals surface area contributed by atoms with Crippen molar-refractivity contribution in [2.75, 3.05) is 13.1 Å². The minimum absolute atomic E-state index is 0.202. The second-order valence-corrected chi connectivity index (χ2v) is 7.10. The van der Waals surface area contributed by atoms with Crippen LogP contribution in [-0.4, -0.2) is 48.2 Å². The summed E-state index contributed by atoms with van der Waals surface area (Å²) in [6.45, 7) is 3.71. The van der Waals surface area contributed by atoms with Crippen LogP contribution in [0.15, 0.2) is 0 Å². The van der Waals surface area contributed by atoms with Gasteiger partial charge in [0.15, 0.2) is 0 Å². The average Bonchev–Trinajstić information content (AvgIpc) is 2.66. The van der Waals surface area contributed by atoms with E-state index in [1.165, 1.54) is 38.5 Å². The lowest BCUT2D eigenvalue weighted by Crippen LogP contribution is -2.44. The highest BCUT2D eigenvalue weighted by atomic mass is 16.5. The molecule has 4 heteroatoms. The first-order valence-corrected chi connectivity index (χ1v) is 8.92. The van der Waals surface area contributed by atoms with Crippen LogP contribution in [0.4, 0.5) is 0 Å². The summed E-state index contributed by atoms with van der Waals surface area (Å²) in [7, 11) is 0. The number of hydrogen-bond acceptors (Lipinski definition) is 3. The van der Waals surface area contributed by atoms with Gasteiger partial charge in [-0.05, 0) is 39.0 Å². The first-order valence-electron chi connectivity index (χ1n) is 8.92. The van der Waals surface area contributed by atoms with Crippen molar-refractivity contribution in [1.82, 2.24) is 10.2 Å². The second kappa shape index (κ2) is 7.10.